The van der Waals surface area contributed by atoms with E-state index in [4.69, 9.17) is 4.52 Å². The number of rotatable bonds is 5. The van der Waals surface area contributed by atoms with E-state index in [2.05, 4.69) is 10.3 Å². The van der Waals surface area contributed by atoms with E-state index in [0.29, 0.717) is 38.5 Å². The number of aromatic nitrogens is 3. The van der Waals surface area contributed by atoms with E-state index in [1.807, 2.05) is 31.9 Å². The zero-order valence-corrected chi connectivity index (χ0v) is 17.0. The molecule has 2 aliphatic rings. The summed E-state index contributed by atoms with van der Waals surface area (Å²) in [6, 6.07) is 1.65. The van der Waals surface area contributed by atoms with Crippen molar-refractivity contribution in [3.63, 3.8) is 0 Å². The first kappa shape index (κ1) is 19.6. The maximum absolute atomic E-state index is 12.9. The number of hydrogen-bond donors (Lipinski definition) is 1. The molecule has 9 nitrogen and oxygen atoms in total. The number of hydrogen-bond acceptors (Lipinski definition) is 6. The highest BCUT2D eigenvalue weighted by Gasteiger charge is 2.54. The molecule has 156 valence electrons. The largest absolute Gasteiger partial charge is 0.396 e. The van der Waals surface area contributed by atoms with Crippen LogP contribution in [0.15, 0.2) is 23.0 Å². The molecular weight excluding hydrogens is 374 g/mol. The monoisotopic (exact) mass is 401 g/mol. The van der Waals surface area contributed by atoms with Gasteiger partial charge in [0.15, 0.2) is 11.5 Å². The fourth-order valence-corrected chi connectivity index (χ4v) is 4.45. The Kier molecular flexibility index (Phi) is 4.94. The molecule has 2 aromatic heterocycles. The van der Waals surface area contributed by atoms with Crippen molar-refractivity contribution < 1.29 is 19.2 Å². The first-order chi connectivity index (χ1) is 13.8. The summed E-state index contributed by atoms with van der Waals surface area (Å²) in [4.78, 5) is 28.9. The number of aliphatic hydroxyl groups excluding tert-OH is 1. The van der Waals surface area contributed by atoms with Crippen LogP contribution in [0.2, 0.25) is 0 Å². The third-order valence-electron chi connectivity index (χ3n) is 6.03. The standard InChI is InChI=1S/C20H27N5O4/c1-13(2)18(27)23-7-15-8-24(11-20(15,10-23)12-26)19(28)17-4-16(29-22-17)9-25-6-14(3)5-21-25/h4-6,13,15,26H,7-12H2,1-3H3/t15-,20+/m1/s1. The SMILES string of the molecule is Cc1cnn(Cc2cc(C(=O)N3C[C@H]4CN(C(=O)C(C)C)C[C@@]4(CO)C3)no2)c1. The molecule has 0 spiro atoms. The second kappa shape index (κ2) is 7.29. The first-order valence-corrected chi connectivity index (χ1v) is 9.95. The number of carbonyl (C=O) groups excluding carboxylic acids is 2. The van der Waals surface area contributed by atoms with Gasteiger partial charge in [-0.05, 0) is 12.5 Å². The van der Waals surface area contributed by atoms with Crippen LogP contribution in [-0.2, 0) is 11.3 Å². The minimum absolute atomic E-state index is 0.0496. The highest BCUT2D eigenvalue weighted by Crippen LogP contribution is 2.43. The molecule has 0 aliphatic carbocycles. The number of carbonyl (C=O) groups is 2. The predicted octanol–water partition coefficient (Wildman–Crippen LogP) is 0.777. The minimum atomic E-state index is -0.459. The fraction of sp³-hybridized carbons (Fsp3) is 0.600. The van der Waals surface area contributed by atoms with E-state index in [0.717, 1.165) is 5.56 Å². The molecule has 9 heteroatoms. The Morgan fingerprint density at radius 3 is 2.66 bits per heavy atom. The van der Waals surface area contributed by atoms with Gasteiger partial charge in [0.2, 0.25) is 5.91 Å². The van der Waals surface area contributed by atoms with E-state index >= 15 is 0 Å². The van der Waals surface area contributed by atoms with E-state index in [1.54, 1.807) is 21.8 Å². The van der Waals surface area contributed by atoms with Crippen LogP contribution in [0.3, 0.4) is 0 Å². The Hall–Kier alpha value is -2.68. The molecule has 2 aliphatic heterocycles. The molecule has 29 heavy (non-hydrogen) atoms. The summed E-state index contributed by atoms with van der Waals surface area (Å²) in [6.45, 7) is 8.04. The Labute approximate surface area is 169 Å². The Bertz CT molecular complexity index is 920. The molecule has 0 radical (unpaired) electrons. The molecule has 4 rings (SSSR count). The van der Waals surface area contributed by atoms with Crippen molar-refractivity contribution in [2.75, 3.05) is 32.8 Å². The Balaban J connectivity index is 1.43. The van der Waals surface area contributed by atoms with Gasteiger partial charge in [0.05, 0.1) is 12.8 Å². The summed E-state index contributed by atoms with van der Waals surface area (Å²) >= 11 is 0. The third-order valence-corrected chi connectivity index (χ3v) is 6.03. The second-order valence-corrected chi connectivity index (χ2v) is 8.67. The quantitative estimate of drug-likeness (QED) is 0.794. The maximum Gasteiger partial charge on any atom is 0.276 e. The predicted molar refractivity (Wildman–Crippen MR) is 103 cm³/mol. The molecule has 2 aromatic rings. The topological polar surface area (TPSA) is 105 Å². The lowest BCUT2D eigenvalue weighted by Crippen LogP contribution is -2.41. The van der Waals surface area contributed by atoms with Crippen molar-refractivity contribution in [1.82, 2.24) is 24.7 Å². The van der Waals surface area contributed by atoms with Gasteiger partial charge in [0, 0.05) is 55.7 Å². The average molecular weight is 401 g/mol. The molecule has 2 atom stereocenters. The van der Waals surface area contributed by atoms with Gasteiger partial charge in [-0.25, -0.2) is 0 Å². The molecule has 2 saturated heterocycles. The zero-order chi connectivity index (χ0) is 20.8. The Morgan fingerprint density at radius 2 is 2.03 bits per heavy atom. The number of fused-ring (bicyclic) bond motifs is 1. The van der Waals surface area contributed by atoms with Gasteiger partial charge in [0.25, 0.3) is 5.91 Å². The van der Waals surface area contributed by atoms with Crippen molar-refractivity contribution in [3.05, 3.63) is 35.5 Å². The maximum atomic E-state index is 12.9. The number of aliphatic hydroxyl groups is 1. The average Bonchev–Trinajstić information content (AvgIpc) is 3.43. The van der Waals surface area contributed by atoms with Crippen molar-refractivity contribution in [3.8, 4) is 0 Å². The molecule has 1 N–H and O–H groups in total. The van der Waals surface area contributed by atoms with E-state index in [9.17, 15) is 14.7 Å². The van der Waals surface area contributed by atoms with E-state index in [-0.39, 0.29) is 36.0 Å². The molecule has 0 unspecified atom stereocenters. The summed E-state index contributed by atoms with van der Waals surface area (Å²) in [5, 5.41) is 18.2. The molecule has 0 bridgehead atoms. The van der Waals surface area contributed by atoms with Gasteiger partial charge in [-0.3, -0.25) is 14.3 Å². The van der Waals surface area contributed by atoms with Gasteiger partial charge >= 0.3 is 0 Å². The zero-order valence-electron chi connectivity index (χ0n) is 17.0. The van der Waals surface area contributed by atoms with E-state index in [1.165, 1.54) is 0 Å². The summed E-state index contributed by atoms with van der Waals surface area (Å²) in [7, 11) is 0. The Morgan fingerprint density at radius 1 is 1.31 bits per heavy atom. The van der Waals surface area contributed by atoms with Gasteiger partial charge in [-0.15, -0.1) is 0 Å². The van der Waals surface area contributed by atoms with Gasteiger partial charge in [-0.1, -0.05) is 19.0 Å². The highest BCUT2D eigenvalue weighted by molar-refractivity contribution is 5.92. The second-order valence-electron chi connectivity index (χ2n) is 8.67. The van der Waals surface area contributed by atoms with Gasteiger partial charge < -0.3 is 19.4 Å². The van der Waals surface area contributed by atoms with Crippen LogP contribution in [0.1, 0.15) is 35.7 Å². The molecule has 2 amide bonds. The number of nitrogens with zero attached hydrogens (tertiary/aromatic N) is 5. The van der Waals surface area contributed by atoms with Crippen molar-refractivity contribution in [2.24, 2.45) is 17.3 Å². The lowest BCUT2D eigenvalue weighted by molar-refractivity contribution is -0.134. The lowest BCUT2D eigenvalue weighted by atomic mass is 9.82. The summed E-state index contributed by atoms with van der Waals surface area (Å²) in [5.74, 6) is 0.439. The number of amides is 2. The highest BCUT2D eigenvalue weighted by atomic mass is 16.5. The molecule has 4 heterocycles. The summed E-state index contributed by atoms with van der Waals surface area (Å²) < 4.78 is 7.05. The molecule has 0 saturated carbocycles. The third kappa shape index (κ3) is 3.55. The van der Waals surface area contributed by atoms with Gasteiger partial charge in [0.1, 0.15) is 6.54 Å². The molecular formula is C20H27N5O4. The smallest absolute Gasteiger partial charge is 0.276 e. The van der Waals surface area contributed by atoms with Crippen LogP contribution < -0.4 is 0 Å². The van der Waals surface area contributed by atoms with Crippen LogP contribution in [0.5, 0.6) is 0 Å². The van der Waals surface area contributed by atoms with Crippen LogP contribution in [0.25, 0.3) is 0 Å². The molecule has 0 aromatic carbocycles. The van der Waals surface area contributed by atoms with Crippen LogP contribution in [-0.4, -0.2) is 74.4 Å². The van der Waals surface area contributed by atoms with Crippen molar-refractivity contribution in [2.45, 2.75) is 27.3 Å². The number of aryl methyl sites for hydroxylation is 1. The van der Waals surface area contributed by atoms with Crippen molar-refractivity contribution in [1.29, 1.82) is 0 Å². The van der Waals surface area contributed by atoms with Crippen LogP contribution in [0, 0.1) is 24.2 Å². The normalized spacial score (nSPS) is 23.8. The number of likely N-dealkylation sites (tertiary alicyclic amines) is 2. The van der Waals surface area contributed by atoms with Crippen molar-refractivity contribution >= 4 is 11.8 Å². The first-order valence-electron chi connectivity index (χ1n) is 9.95. The van der Waals surface area contributed by atoms with Gasteiger partial charge in [-0.2, -0.15) is 5.10 Å². The van der Waals surface area contributed by atoms with Crippen LogP contribution in [0.4, 0.5) is 0 Å². The van der Waals surface area contributed by atoms with E-state index < -0.39 is 5.41 Å². The minimum Gasteiger partial charge on any atom is -0.396 e. The fourth-order valence-electron chi connectivity index (χ4n) is 4.45. The molecule has 2 fully saturated rings. The summed E-state index contributed by atoms with van der Waals surface area (Å²) in [5.41, 5.74) is 0.843. The van der Waals surface area contributed by atoms with Crippen LogP contribution >= 0.6 is 0 Å². The lowest BCUT2D eigenvalue weighted by Gasteiger charge is -2.27. The summed E-state index contributed by atoms with van der Waals surface area (Å²) in [6.07, 6.45) is 3.65.